The van der Waals surface area contributed by atoms with Crippen molar-refractivity contribution in [2.75, 3.05) is 46.8 Å². The molecule has 0 bridgehead atoms. The van der Waals surface area contributed by atoms with Crippen molar-refractivity contribution < 1.29 is 9.53 Å². The van der Waals surface area contributed by atoms with E-state index in [1.807, 2.05) is 50.2 Å². The van der Waals surface area contributed by atoms with Crippen molar-refractivity contribution in [1.82, 2.24) is 24.7 Å². The zero-order chi connectivity index (χ0) is 19.7. The van der Waals surface area contributed by atoms with Gasteiger partial charge in [0.05, 0.1) is 29.0 Å². The third-order valence-electron chi connectivity index (χ3n) is 5.84. The monoisotopic (exact) mass is 383 g/mol. The van der Waals surface area contributed by atoms with Gasteiger partial charge in [0.1, 0.15) is 5.60 Å². The maximum atomic E-state index is 12.3. The molecule has 2 aliphatic heterocycles. The van der Waals surface area contributed by atoms with E-state index in [0.717, 1.165) is 68.0 Å². The number of piperidine rings is 1. The van der Waals surface area contributed by atoms with Crippen LogP contribution in [0.5, 0.6) is 0 Å². The second-order valence-corrected chi connectivity index (χ2v) is 8.30. The molecule has 1 amide bonds. The minimum atomic E-state index is -0.315. The molecule has 2 aromatic rings. The first-order valence-corrected chi connectivity index (χ1v) is 10.0. The normalized spacial score (nSPS) is 19.7. The van der Waals surface area contributed by atoms with Crippen LogP contribution in [0, 0.1) is 6.92 Å². The molecule has 7 nitrogen and oxygen atoms in total. The number of carbonyl (C=O) groups is 1. The van der Waals surface area contributed by atoms with Gasteiger partial charge in [-0.1, -0.05) is 12.1 Å². The number of likely N-dealkylation sites (tertiary alicyclic amines) is 1. The van der Waals surface area contributed by atoms with Crippen LogP contribution >= 0.6 is 0 Å². The minimum absolute atomic E-state index is 0.161. The summed E-state index contributed by atoms with van der Waals surface area (Å²) >= 11 is 0. The molecule has 2 aliphatic rings. The lowest BCUT2D eigenvalue weighted by molar-refractivity contribution is -0.00155. The van der Waals surface area contributed by atoms with Gasteiger partial charge in [-0.2, -0.15) is 0 Å². The number of para-hydroxylation sites is 2. The van der Waals surface area contributed by atoms with Crippen molar-refractivity contribution in [3.8, 4) is 0 Å². The van der Waals surface area contributed by atoms with E-state index in [-0.39, 0.29) is 11.7 Å². The average Bonchev–Trinajstić information content (AvgIpc) is 2.98. The Labute approximate surface area is 166 Å². The Hall–Kier alpha value is -2.25. The Kier molecular flexibility index (Phi) is 5.21. The molecule has 0 atom stereocenters. The van der Waals surface area contributed by atoms with Gasteiger partial charge in [-0.25, -0.2) is 14.8 Å². The number of fused-ring (bicyclic) bond motifs is 1. The molecule has 2 saturated heterocycles. The fraction of sp³-hybridized carbons (Fsp3) is 0.571. The summed E-state index contributed by atoms with van der Waals surface area (Å²) in [6, 6.07) is 8.00. The molecule has 0 saturated carbocycles. The van der Waals surface area contributed by atoms with E-state index in [1.54, 1.807) is 0 Å². The molecule has 1 aromatic carbocycles. The third kappa shape index (κ3) is 3.95. The second kappa shape index (κ2) is 7.64. The summed E-state index contributed by atoms with van der Waals surface area (Å²) in [6.07, 6.45) is 1.58. The number of hydrogen-bond acceptors (Lipinski definition) is 6. The van der Waals surface area contributed by atoms with Gasteiger partial charge in [-0.05, 0) is 33.2 Å². The number of nitrogens with zero attached hydrogens (tertiary/aromatic N) is 5. The first-order chi connectivity index (χ1) is 13.4. The van der Waals surface area contributed by atoms with Crippen LogP contribution in [-0.4, -0.2) is 83.2 Å². The summed E-state index contributed by atoms with van der Waals surface area (Å²) in [5.41, 5.74) is 3.59. The highest BCUT2D eigenvalue weighted by atomic mass is 16.6. The minimum Gasteiger partial charge on any atom is -0.441 e. The van der Waals surface area contributed by atoms with E-state index in [2.05, 4.69) is 9.80 Å². The van der Waals surface area contributed by atoms with Crippen LogP contribution in [0.3, 0.4) is 0 Å². The van der Waals surface area contributed by atoms with Crippen LogP contribution in [0.4, 0.5) is 4.79 Å². The van der Waals surface area contributed by atoms with E-state index in [0.29, 0.717) is 6.54 Å². The third-order valence-corrected chi connectivity index (χ3v) is 5.84. The molecule has 0 aliphatic carbocycles. The molecule has 150 valence electrons. The largest absolute Gasteiger partial charge is 0.441 e. The molecule has 3 heterocycles. The Morgan fingerprint density at radius 1 is 1.14 bits per heavy atom. The standard InChI is InChI=1S/C21H29N5O2/c1-16-19(23-18-7-5-4-6-17(18)22-16)14-25-10-8-21(9-11-25)15-26(20(27)28-21)13-12-24(2)3/h4-7H,8-15H2,1-3H3. The highest BCUT2D eigenvalue weighted by Crippen LogP contribution is 2.33. The van der Waals surface area contributed by atoms with Crippen molar-refractivity contribution in [3.63, 3.8) is 0 Å². The molecule has 28 heavy (non-hydrogen) atoms. The van der Waals surface area contributed by atoms with Crippen molar-refractivity contribution >= 4 is 17.1 Å². The molecule has 7 heteroatoms. The van der Waals surface area contributed by atoms with Crippen LogP contribution in [0.2, 0.25) is 0 Å². The van der Waals surface area contributed by atoms with Gasteiger partial charge in [0, 0.05) is 45.6 Å². The fourth-order valence-corrected chi connectivity index (χ4v) is 4.05. The van der Waals surface area contributed by atoms with Crippen molar-refractivity contribution in [2.24, 2.45) is 0 Å². The Balaban J connectivity index is 1.37. The van der Waals surface area contributed by atoms with Crippen molar-refractivity contribution in [1.29, 1.82) is 0 Å². The number of aryl methyl sites for hydroxylation is 1. The summed E-state index contributed by atoms with van der Waals surface area (Å²) in [6.45, 7) is 6.92. The number of ether oxygens (including phenoxy) is 1. The van der Waals surface area contributed by atoms with Crippen LogP contribution in [0.1, 0.15) is 24.2 Å². The average molecular weight is 383 g/mol. The van der Waals surface area contributed by atoms with E-state index < -0.39 is 0 Å². The molecule has 0 radical (unpaired) electrons. The molecule has 1 aromatic heterocycles. The van der Waals surface area contributed by atoms with E-state index in [9.17, 15) is 4.79 Å². The summed E-state index contributed by atoms with van der Waals surface area (Å²) in [5, 5.41) is 0. The quantitative estimate of drug-likeness (QED) is 0.789. The Morgan fingerprint density at radius 3 is 2.50 bits per heavy atom. The van der Waals surface area contributed by atoms with Gasteiger partial charge in [-0.15, -0.1) is 0 Å². The first kappa shape index (κ1) is 19.1. The van der Waals surface area contributed by atoms with E-state index in [1.165, 1.54) is 0 Å². The van der Waals surface area contributed by atoms with E-state index in [4.69, 9.17) is 14.7 Å². The van der Waals surface area contributed by atoms with Crippen LogP contribution in [-0.2, 0) is 11.3 Å². The topological polar surface area (TPSA) is 61.8 Å². The van der Waals surface area contributed by atoms with Gasteiger partial charge in [0.25, 0.3) is 0 Å². The van der Waals surface area contributed by atoms with Gasteiger partial charge >= 0.3 is 6.09 Å². The predicted molar refractivity (Wildman–Crippen MR) is 108 cm³/mol. The molecule has 2 fully saturated rings. The second-order valence-electron chi connectivity index (χ2n) is 8.30. The Morgan fingerprint density at radius 2 is 1.82 bits per heavy atom. The number of amides is 1. The molecular formula is C21H29N5O2. The van der Waals surface area contributed by atoms with Crippen LogP contribution in [0.25, 0.3) is 11.0 Å². The highest BCUT2D eigenvalue weighted by molar-refractivity contribution is 5.74. The highest BCUT2D eigenvalue weighted by Gasteiger charge is 2.46. The molecule has 1 spiro atoms. The van der Waals surface area contributed by atoms with Gasteiger partial charge in [-0.3, -0.25) is 4.90 Å². The summed E-state index contributed by atoms with van der Waals surface area (Å²) in [7, 11) is 4.04. The summed E-state index contributed by atoms with van der Waals surface area (Å²) in [5.74, 6) is 0. The summed E-state index contributed by atoms with van der Waals surface area (Å²) < 4.78 is 5.83. The first-order valence-electron chi connectivity index (χ1n) is 10.0. The lowest BCUT2D eigenvalue weighted by atomic mass is 9.91. The summed E-state index contributed by atoms with van der Waals surface area (Å²) in [4.78, 5) is 28.1. The van der Waals surface area contributed by atoms with Crippen LogP contribution < -0.4 is 0 Å². The van der Waals surface area contributed by atoms with Crippen molar-refractivity contribution in [2.45, 2.75) is 31.9 Å². The van der Waals surface area contributed by atoms with E-state index >= 15 is 0 Å². The van der Waals surface area contributed by atoms with Gasteiger partial charge in [0.2, 0.25) is 0 Å². The zero-order valence-corrected chi connectivity index (χ0v) is 17.0. The number of aromatic nitrogens is 2. The smallest absolute Gasteiger partial charge is 0.410 e. The number of benzene rings is 1. The van der Waals surface area contributed by atoms with Gasteiger partial charge < -0.3 is 14.5 Å². The predicted octanol–water partition coefficient (Wildman–Crippen LogP) is 2.29. The van der Waals surface area contributed by atoms with Crippen LogP contribution in [0.15, 0.2) is 24.3 Å². The molecule has 4 rings (SSSR count). The van der Waals surface area contributed by atoms with Crippen molar-refractivity contribution in [3.05, 3.63) is 35.7 Å². The maximum absolute atomic E-state index is 12.3. The van der Waals surface area contributed by atoms with Gasteiger partial charge in [0.15, 0.2) is 0 Å². The molecule has 0 N–H and O–H groups in total. The number of likely N-dealkylation sites (N-methyl/N-ethyl adjacent to an activating group) is 1. The number of rotatable bonds is 5. The lowest BCUT2D eigenvalue weighted by Crippen LogP contribution is -2.47. The molecular weight excluding hydrogens is 354 g/mol. The number of carbonyl (C=O) groups excluding carboxylic acids is 1. The fourth-order valence-electron chi connectivity index (χ4n) is 4.05. The zero-order valence-electron chi connectivity index (χ0n) is 17.0. The maximum Gasteiger partial charge on any atom is 0.410 e. The number of hydrogen-bond donors (Lipinski definition) is 0. The SMILES string of the molecule is Cc1nc2ccccc2nc1CN1CCC2(CC1)CN(CCN(C)C)C(=O)O2. The lowest BCUT2D eigenvalue weighted by Gasteiger charge is -2.37. The Bertz CT molecular complexity index is 861. The molecule has 0 unspecified atom stereocenters.